The molecule has 1 N–H and O–H groups in total. The maximum Gasteiger partial charge on any atom is 0.125 e. The van der Waals surface area contributed by atoms with E-state index in [1.165, 1.54) is 0 Å². The fourth-order valence-electron chi connectivity index (χ4n) is 1.60. The van der Waals surface area contributed by atoms with Crippen molar-refractivity contribution in [2.45, 2.75) is 6.92 Å². The number of aromatic amines is 1. The highest BCUT2D eigenvalue weighted by atomic mass is 15.1. The van der Waals surface area contributed by atoms with Gasteiger partial charge in [0.2, 0.25) is 0 Å². The van der Waals surface area contributed by atoms with Crippen LogP contribution in [0.4, 0.5) is 0 Å². The highest BCUT2D eigenvalue weighted by Crippen LogP contribution is 2.20. The van der Waals surface area contributed by atoms with E-state index in [9.17, 15) is 0 Å². The minimum Gasteiger partial charge on any atom is -0.278 e. The molecule has 1 aromatic carbocycles. The van der Waals surface area contributed by atoms with Crippen LogP contribution in [-0.2, 0) is 0 Å². The van der Waals surface area contributed by atoms with Crippen molar-refractivity contribution in [3.63, 3.8) is 0 Å². The van der Waals surface area contributed by atoms with E-state index in [1.807, 2.05) is 25.3 Å². The first-order valence-corrected chi connectivity index (χ1v) is 4.40. The Morgan fingerprint density at radius 3 is 3.07 bits per heavy atom. The summed E-state index contributed by atoms with van der Waals surface area (Å²) >= 11 is 0. The van der Waals surface area contributed by atoms with E-state index >= 15 is 0 Å². The lowest BCUT2D eigenvalue weighted by Gasteiger charge is -1.98. The second-order valence-electron chi connectivity index (χ2n) is 3.25. The molecule has 2 heterocycles. The van der Waals surface area contributed by atoms with Gasteiger partial charge in [-0.15, -0.1) is 0 Å². The Hall–Kier alpha value is -1.97. The number of nitrogens with zero attached hydrogens (tertiary/aromatic N) is 3. The lowest BCUT2D eigenvalue weighted by molar-refractivity contribution is 1.09. The van der Waals surface area contributed by atoms with Gasteiger partial charge in [0, 0.05) is 17.0 Å². The third-order valence-electron chi connectivity index (χ3n) is 2.29. The number of hydrogen-bond acceptors (Lipinski definition) is 3. The van der Waals surface area contributed by atoms with Crippen LogP contribution in [0, 0.1) is 6.92 Å². The molecular formula is C10H8N4. The lowest BCUT2D eigenvalue weighted by atomic mass is 10.2. The first-order valence-electron chi connectivity index (χ1n) is 4.40. The Morgan fingerprint density at radius 2 is 2.14 bits per heavy atom. The number of hydrogen-bond donors (Lipinski definition) is 1. The summed E-state index contributed by atoms with van der Waals surface area (Å²) in [6, 6.07) is 3.98. The van der Waals surface area contributed by atoms with Gasteiger partial charge in [0.15, 0.2) is 0 Å². The van der Waals surface area contributed by atoms with Crippen molar-refractivity contribution in [1.29, 1.82) is 0 Å². The van der Waals surface area contributed by atoms with E-state index in [-0.39, 0.29) is 0 Å². The Bertz CT molecular complexity index is 612. The average Bonchev–Trinajstić information content (AvgIpc) is 2.65. The van der Waals surface area contributed by atoms with Crippen molar-refractivity contribution in [1.82, 2.24) is 20.2 Å². The number of nitrogens with one attached hydrogen (secondary N) is 1. The first kappa shape index (κ1) is 7.44. The number of benzene rings is 1. The van der Waals surface area contributed by atoms with E-state index in [2.05, 4.69) is 20.2 Å². The van der Waals surface area contributed by atoms with Gasteiger partial charge < -0.3 is 0 Å². The van der Waals surface area contributed by atoms with E-state index in [0.717, 1.165) is 27.6 Å². The highest BCUT2D eigenvalue weighted by molar-refractivity contribution is 6.02. The largest absolute Gasteiger partial charge is 0.278 e. The summed E-state index contributed by atoms with van der Waals surface area (Å²) in [7, 11) is 0. The molecule has 0 aliphatic carbocycles. The van der Waals surface area contributed by atoms with Crippen molar-refractivity contribution in [3.05, 3.63) is 30.4 Å². The molecule has 4 heteroatoms. The summed E-state index contributed by atoms with van der Waals surface area (Å²) < 4.78 is 0. The molecule has 2 aromatic heterocycles. The monoisotopic (exact) mass is 184 g/mol. The molecule has 0 atom stereocenters. The van der Waals surface area contributed by atoms with E-state index in [0.29, 0.717) is 0 Å². The molecule has 0 fully saturated rings. The number of fused-ring (bicyclic) bond motifs is 3. The molecule has 0 spiro atoms. The van der Waals surface area contributed by atoms with Crippen molar-refractivity contribution >= 4 is 21.8 Å². The van der Waals surface area contributed by atoms with Crippen molar-refractivity contribution in [2.75, 3.05) is 0 Å². The summed E-state index contributed by atoms with van der Waals surface area (Å²) in [5.74, 6) is 0.784. The molecule has 14 heavy (non-hydrogen) atoms. The molecule has 0 aliphatic heterocycles. The molecule has 0 radical (unpaired) electrons. The zero-order valence-electron chi connectivity index (χ0n) is 7.65. The molecular weight excluding hydrogens is 176 g/mol. The smallest absolute Gasteiger partial charge is 0.125 e. The summed E-state index contributed by atoms with van der Waals surface area (Å²) in [5.41, 5.74) is 1.97. The van der Waals surface area contributed by atoms with Crippen LogP contribution in [0.3, 0.4) is 0 Å². The molecule has 0 saturated carbocycles. The number of H-pyrrole nitrogens is 1. The van der Waals surface area contributed by atoms with Gasteiger partial charge in [-0.05, 0) is 19.1 Å². The molecule has 0 unspecified atom stereocenters. The summed E-state index contributed by atoms with van der Waals surface area (Å²) in [6.45, 7) is 1.89. The molecule has 0 saturated heterocycles. The Kier molecular flexibility index (Phi) is 1.33. The van der Waals surface area contributed by atoms with Crippen LogP contribution in [-0.4, -0.2) is 20.2 Å². The molecule has 0 amide bonds. The quantitative estimate of drug-likeness (QED) is 0.579. The van der Waals surface area contributed by atoms with Crippen LogP contribution >= 0.6 is 0 Å². The van der Waals surface area contributed by atoms with E-state index in [4.69, 9.17) is 0 Å². The summed E-state index contributed by atoms with van der Waals surface area (Å²) in [6.07, 6.45) is 3.63. The Balaban J connectivity index is 2.60. The van der Waals surface area contributed by atoms with Crippen LogP contribution in [0.25, 0.3) is 21.8 Å². The van der Waals surface area contributed by atoms with Gasteiger partial charge in [-0.25, -0.2) is 9.97 Å². The van der Waals surface area contributed by atoms with Gasteiger partial charge in [0.25, 0.3) is 0 Å². The average molecular weight is 184 g/mol. The van der Waals surface area contributed by atoms with Gasteiger partial charge >= 0.3 is 0 Å². The molecule has 0 bridgehead atoms. The summed E-state index contributed by atoms with van der Waals surface area (Å²) in [4.78, 5) is 8.56. The van der Waals surface area contributed by atoms with Crippen LogP contribution in [0.5, 0.6) is 0 Å². The Labute approximate surface area is 80.0 Å². The van der Waals surface area contributed by atoms with E-state index < -0.39 is 0 Å². The molecule has 0 aliphatic rings. The van der Waals surface area contributed by atoms with Gasteiger partial charge in [-0.3, -0.25) is 5.10 Å². The maximum absolute atomic E-state index is 4.40. The third-order valence-corrected chi connectivity index (χ3v) is 2.29. The van der Waals surface area contributed by atoms with Crippen LogP contribution in [0.1, 0.15) is 5.82 Å². The van der Waals surface area contributed by atoms with Crippen molar-refractivity contribution in [3.8, 4) is 0 Å². The predicted octanol–water partition coefficient (Wildman–Crippen LogP) is 1.81. The Morgan fingerprint density at radius 1 is 1.21 bits per heavy atom. The number of aromatic nitrogens is 4. The SMILES string of the molecule is Cc1ncc2ccc3[nH]ncc3c2n1. The second kappa shape index (κ2) is 2.51. The van der Waals surface area contributed by atoms with E-state index in [1.54, 1.807) is 6.20 Å². The molecule has 3 rings (SSSR count). The fourth-order valence-corrected chi connectivity index (χ4v) is 1.60. The minimum atomic E-state index is 0.784. The zero-order valence-corrected chi connectivity index (χ0v) is 7.65. The minimum absolute atomic E-state index is 0.784. The molecule has 68 valence electrons. The van der Waals surface area contributed by atoms with Gasteiger partial charge in [0.05, 0.1) is 17.2 Å². The fraction of sp³-hybridized carbons (Fsp3) is 0.100. The topological polar surface area (TPSA) is 54.5 Å². The zero-order chi connectivity index (χ0) is 9.54. The highest BCUT2D eigenvalue weighted by Gasteiger charge is 2.03. The maximum atomic E-state index is 4.40. The number of aryl methyl sites for hydroxylation is 1. The first-order chi connectivity index (χ1) is 6.84. The van der Waals surface area contributed by atoms with Crippen LogP contribution < -0.4 is 0 Å². The standard InChI is InChI=1S/C10H8N4/c1-6-11-4-7-2-3-9-8(5-12-14-9)10(7)13-6/h2-5H,1H3,(H,12,14). The van der Waals surface area contributed by atoms with Gasteiger partial charge in [0.1, 0.15) is 5.82 Å². The molecule has 3 aromatic rings. The predicted molar refractivity (Wildman–Crippen MR) is 53.9 cm³/mol. The van der Waals surface area contributed by atoms with Crippen LogP contribution in [0.2, 0.25) is 0 Å². The van der Waals surface area contributed by atoms with Crippen molar-refractivity contribution in [2.24, 2.45) is 0 Å². The van der Waals surface area contributed by atoms with Crippen LogP contribution in [0.15, 0.2) is 24.5 Å². The third kappa shape index (κ3) is 0.907. The lowest BCUT2D eigenvalue weighted by Crippen LogP contribution is -1.87. The van der Waals surface area contributed by atoms with Gasteiger partial charge in [-0.1, -0.05) is 0 Å². The molecule has 4 nitrogen and oxygen atoms in total. The summed E-state index contributed by atoms with van der Waals surface area (Å²) in [5, 5.41) is 9.01. The van der Waals surface area contributed by atoms with Gasteiger partial charge in [-0.2, -0.15) is 5.10 Å². The van der Waals surface area contributed by atoms with Crippen molar-refractivity contribution < 1.29 is 0 Å². The number of rotatable bonds is 0. The normalized spacial score (nSPS) is 11.2. The second-order valence-corrected chi connectivity index (χ2v) is 3.25.